The number of alkyl halides is 3. The maximum atomic E-state index is 13.4. The highest BCUT2D eigenvalue weighted by atomic mass is 19.4. The molecule has 2 N–H and O–H groups in total. The monoisotopic (exact) mass is 327 g/mol. The van der Waals surface area contributed by atoms with Crippen molar-refractivity contribution in [1.82, 2.24) is 0 Å². The third-order valence-electron chi connectivity index (χ3n) is 3.59. The Kier molecular flexibility index (Phi) is 4.94. The van der Waals surface area contributed by atoms with Crippen molar-refractivity contribution in [1.29, 1.82) is 0 Å². The van der Waals surface area contributed by atoms with Crippen LogP contribution in [0.25, 0.3) is 0 Å². The number of hydrogen-bond acceptors (Lipinski definition) is 2. The number of hydrogen-bond donors (Lipinski definition) is 2. The molecule has 2 rings (SSSR count). The van der Waals surface area contributed by atoms with Gasteiger partial charge in [0.1, 0.15) is 5.82 Å². The van der Waals surface area contributed by atoms with E-state index in [1.807, 2.05) is 32.0 Å². The molecule has 1 unspecified atom stereocenters. The third kappa shape index (κ3) is 4.22. The molecule has 0 aliphatic rings. The van der Waals surface area contributed by atoms with Gasteiger partial charge in [-0.2, -0.15) is 13.2 Å². The Morgan fingerprint density at radius 2 is 1.78 bits per heavy atom. The zero-order chi connectivity index (χ0) is 17.2. The number of rotatable bonds is 4. The normalized spacial score (nSPS) is 13.0. The van der Waals surface area contributed by atoms with E-state index in [4.69, 9.17) is 0 Å². The van der Waals surface area contributed by atoms with Gasteiger partial charge in [0.2, 0.25) is 0 Å². The number of benzene rings is 2. The SMILES string of the molecule is Cc1ccc(CNc2cc(F)ccc2C(O)C(F)(F)F)c(C)c1. The summed E-state index contributed by atoms with van der Waals surface area (Å²) in [6.07, 6.45) is -7.47. The van der Waals surface area contributed by atoms with Crippen molar-refractivity contribution in [3.8, 4) is 0 Å². The molecule has 0 saturated carbocycles. The molecule has 0 bridgehead atoms. The van der Waals surface area contributed by atoms with Crippen LogP contribution < -0.4 is 5.32 Å². The summed E-state index contributed by atoms with van der Waals surface area (Å²) in [5.41, 5.74) is 2.46. The van der Waals surface area contributed by atoms with Crippen LogP contribution in [0.2, 0.25) is 0 Å². The quantitative estimate of drug-likeness (QED) is 0.801. The van der Waals surface area contributed by atoms with Crippen LogP contribution in [0.15, 0.2) is 36.4 Å². The molecule has 2 nitrogen and oxygen atoms in total. The second kappa shape index (κ2) is 6.58. The van der Waals surface area contributed by atoms with E-state index in [0.717, 1.165) is 34.9 Å². The first-order valence-electron chi connectivity index (χ1n) is 7.02. The Morgan fingerprint density at radius 1 is 1.09 bits per heavy atom. The molecule has 2 aromatic rings. The predicted molar refractivity (Wildman–Crippen MR) is 80.7 cm³/mol. The van der Waals surface area contributed by atoms with E-state index in [1.165, 1.54) is 0 Å². The average molecular weight is 327 g/mol. The van der Waals surface area contributed by atoms with Gasteiger partial charge in [0, 0.05) is 17.8 Å². The fourth-order valence-electron chi connectivity index (χ4n) is 2.33. The van der Waals surface area contributed by atoms with Crippen molar-refractivity contribution in [3.05, 3.63) is 64.5 Å². The van der Waals surface area contributed by atoms with E-state index in [9.17, 15) is 22.7 Å². The first-order chi connectivity index (χ1) is 10.7. The van der Waals surface area contributed by atoms with Crippen molar-refractivity contribution in [2.24, 2.45) is 0 Å². The number of anilines is 1. The lowest BCUT2D eigenvalue weighted by atomic mass is 10.0. The summed E-state index contributed by atoms with van der Waals surface area (Å²) in [7, 11) is 0. The summed E-state index contributed by atoms with van der Waals surface area (Å²) in [6, 6.07) is 8.49. The Morgan fingerprint density at radius 3 is 2.39 bits per heavy atom. The van der Waals surface area contributed by atoms with Gasteiger partial charge in [-0.05, 0) is 37.1 Å². The second-order valence-corrected chi connectivity index (χ2v) is 5.46. The van der Waals surface area contributed by atoms with E-state index in [-0.39, 0.29) is 12.2 Å². The van der Waals surface area contributed by atoms with E-state index in [2.05, 4.69) is 5.32 Å². The van der Waals surface area contributed by atoms with Crippen molar-refractivity contribution in [2.75, 3.05) is 5.32 Å². The molecule has 1 atom stereocenters. The average Bonchev–Trinajstić information content (AvgIpc) is 2.45. The number of aryl methyl sites for hydroxylation is 2. The van der Waals surface area contributed by atoms with Crippen LogP contribution >= 0.6 is 0 Å². The molecule has 0 saturated heterocycles. The summed E-state index contributed by atoms with van der Waals surface area (Å²) in [4.78, 5) is 0. The third-order valence-corrected chi connectivity index (χ3v) is 3.59. The van der Waals surface area contributed by atoms with Crippen LogP contribution in [-0.4, -0.2) is 11.3 Å². The zero-order valence-electron chi connectivity index (χ0n) is 12.7. The standard InChI is InChI=1S/C17H17F4NO/c1-10-3-4-12(11(2)7-10)9-22-15-8-13(18)5-6-14(15)16(23)17(19,20)21/h3-8,16,22-23H,9H2,1-2H3. The van der Waals surface area contributed by atoms with Crippen molar-refractivity contribution in [3.63, 3.8) is 0 Å². The van der Waals surface area contributed by atoms with E-state index < -0.39 is 23.7 Å². The van der Waals surface area contributed by atoms with Crippen molar-refractivity contribution >= 4 is 5.69 Å². The molecule has 6 heteroatoms. The number of nitrogens with one attached hydrogen (secondary N) is 1. The van der Waals surface area contributed by atoms with Crippen molar-refractivity contribution < 1.29 is 22.7 Å². The highest BCUT2D eigenvalue weighted by Crippen LogP contribution is 2.36. The van der Waals surface area contributed by atoms with E-state index in [0.29, 0.717) is 0 Å². The minimum atomic E-state index is -4.81. The number of halogens is 4. The first-order valence-corrected chi connectivity index (χ1v) is 7.02. The van der Waals surface area contributed by atoms with E-state index in [1.54, 1.807) is 0 Å². The van der Waals surface area contributed by atoms with Crippen LogP contribution in [0.1, 0.15) is 28.4 Å². The lowest BCUT2D eigenvalue weighted by molar-refractivity contribution is -0.206. The fraction of sp³-hybridized carbons (Fsp3) is 0.294. The predicted octanol–water partition coefficient (Wildman–Crippen LogP) is 4.65. The fourth-order valence-corrected chi connectivity index (χ4v) is 2.33. The van der Waals surface area contributed by atoms with Crippen LogP contribution in [0.4, 0.5) is 23.2 Å². The van der Waals surface area contributed by atoms with E-state index >= 15 is 0 Å². The van der Waals surface area contributed by atoms with Crippen LogP contribution in [0, 0.1) is 19.7 Å². The lowest BCUT2D eigenvalue weighted by Gasteiger charge is -2.19. The highest BCUT2D eigenvalue weighted by Gasteiger charge is 2.40. The summed E-state index contributed by atoms with van der Waals surface area (Å²) < 4.78 is 51.5. The topological polar surface area (TPSA) is 32.3 Å². The molecular weight excluding hydrogens is 310 g/mol. The smallest absolute Gasteiger partial charge is 0.381 e. The Labute approximate surface area is 131 Å². The maximum absolute atomic E-state index is 13.4. The second-order valence-electron chi connectivity index (χ2n) is 5.46. The van der Waals surface area contributed by atoms with Crippen LogP contribution in [-0.2, 0) is 6.54 Å². The Hall–Kier alpha value is -2.08. The van der Waals surface area contributed by atoms with Gasteiger partial charge < -0.3 is 10.4 Å². The van der Waals surface area contributed by atoms with Crippen molar-refractivity contribution in [2.45, 2.75) is 32.7 Å². The van der Waals surface area contributed by atoms with Gasteiger partial charge in [0.25, 0.3) is 0 Å². The van der Waals surface area contributed by atoms with Crippen LogP contribution in [0.5, 0.6) is 0 Å². The maximum Gasteiger partial charge on any atom is 0.418 e. The molecule has 0 radical (unpaired) electrons. The zero-order valence-corrected chi connectivity index (χ0v) is 12.7. The lowest BCUT2D eigenvalue weighted by Crippen LogP contribution is -2.21. The Bertz CT molecular complexity index is 697. The molecule has 0 aliphatic heterocycles. The summed E-state index contributed by atoms with van der Waals surface area (Å²) in [5, 5.41) is 12.2. The number of aliphatic hydroxyl groups excluding tert-OH is 1. The summed E-state index contributed by atoms with van der Waals surface area (Å²) >= 11 is 0. The molecule has 124 valence electrons. The molecule has 0 fully saturated rings. The molecule has 2 aromatic carbocycles. The van der Waals surface area contributed by atoms with Gasteiger partial charge >= 0.3 is 6.18 Å². The van der Waals surface area contributed by atoms with Gasteiger partial charge in [0.15, 0.2) is 6.10 Å². The summed E-state index contributed by atoms with van der Waals surface area (Å²) in [5.74, 6) is -0.675. The van der Waals surface area contributed by atoms with Gasteiger partial charge in [-0.1, -0.05) is 29.8 Å². The summed E-state index contributed by atoms with van der Waals surface area (Å²) in [6.45, 7) is 4.06. The highest BCUT2D eigenvalue weighted by molar-refractivity contribution is 5.53. The van der Waals surface area contributed by atoms with Gasteiger partial charge in [0.05, 0.1) is 0 Å². The molecular formula is C17H17F4NO. The van der Waals surface area contributed by atoms with Gasteiger partial charge in [-0.15, -0.1) is 0 Å². The molecule has 23 heavy (non-hydrogen) atoms. The minimum absolute atomic E-state index is 0.0743. The first kappa shape index (κ1) is 17.3. The largest absolute Gasteiger partial charge is 0.418 e. The minimum Gasteiger partial charge on any atom is -0.381 e. The Balaban J connectivity index is 2.27. The molecule has 0 amide bonds. The van der Waals surface area contributed by atoms with Gasteiger partial charge in [-0.3, -0.25) is 0 Å². The number of aliphatic hydroxyl groups is 1. The van der Waals surface area contributed by atoms with Gasteiger partial charge in [-0.25, -0.2) is 4.39 Å². The van der Waals surface area contributed by atoms with Crippen LogP contribution in [0.3, 0.4) is 0 Å². The molecule has 0 aliphatic carbocycles. The molecule has 0 heterocycles. The molecule has 0 spiro atoms. The molecule has 0 aromatic heterocycles.